The van der Waals surface area contributed by atoms with Crippen molar-refractivity contribution < 1.29 is 14.3 Å². The lowest BCUT2D eigenvalue weighted by atomic mass is 9.33. The van der Waals surface area contributed by atoms with Gasteiger partial charge in [-0.2, -0.15) is 0 Å². The standard InChI is InChI=1S/C44H64N2O3/c1-28(2)33-15-20-44(45-23-24-46-26-32-25-31(46)27-49-32)22-21-42(6)35(38(33)44)13-14-37-41(5)18-16-34(29-9-11-30(12-10-29)39(47)48-8)40(3,4)36(41)17-19-43(37,42)7/h9-12,16,31-33,35-38,45H,1,13-15,17-27H2,2-8H3/t31?,32-,33-,35+,36-,37+,38+,41-,42+,43+,44-/m0/s1. The van der Waals surface area contributed by atoms with Crippen molar-refractivity contribution in [2.45, 2.75) is 123 Å². The first kappa shape index (κ1) is 34.2. The van der Waals surface area contributed by atoms with E-state index in [-0.39, 0.29) is 22.3 Å². The van der Waals surface area contributed by atoms with Crippen molar-refractivity contribution in [2.24, 2.45) is 51.2 Å². The Morgan fingerprint density at radius 2 is 1.76 bits per heavy atom. The van der Waals surface area contributed by atoms with Crippen LogP contribution < -0.4 is 5.32 Å². The average Bonchev–Trinajstić information content (AvgIpc) is 3.80. The van der Waals surface area contributed by atoms with Gasteiger partial charge in [0, 0.05) is 31.2 Å². The van der Waals surface area contributed by atoms with Gasteiger partial charge in [-0.15, -0.1) is 0 Å². The number of allylic oxidation sites excluding steroid dienone is 3. The number of nitrogens with one attached hydrogen (secondary N) is 1. The fourth-order valence-electron chi connectivity index (χ4n) is 14.7. The summed E-state index contributed by atoms with van der Waals surface area (Å²) in [4.78, 5) is 14.9. The van der Waals surface area contributed by atoms with Crippen molar-refractivity contribution in [3.8, 4) is 0 Å². The second-order valence-corrected chi connectivity index (χ2v) is 19.2. The lowest BCUT2D eigenvalue weighted by molar-refractivity contribution is -0.219. The molecule has 4 saturated carbocycles. The van der Waals surface area contributed by atoms with Gasteiger partial charge in [0.1, 0.15) is 0 Å². The Balaban J connectivity index is 1.06. The van der Waals surface area contributed by atoms with Gasteiger partial charge in [0.25, 0.3) is 0 Å². The topological polar surface area (TPSA) is 50.8 Å². The van der Waals surface area contributed by atoms with Crippen molar-refractivity contribution >= 4 is 11.5 Å². The van der Waals surface area contributed by atoms with Crippen molar-refractivity contribution in [3.05, 3.63) is 53.6 Å². The molecular weight excluding hydrogens is 604 g/mol. The number of nitrogens with zero attached hydrogens (tertiary/aromatic N) is 1. The van der Waals surface area contributed by atoms with E-state index < -0.39 is 0 Å². The Morgan fingerprint density at radius 3 is 2.43 bits per heavy atom. The maximum Gasteiger partial charge on any atom is 0.337 e. The SMILES string of the molecule is C=C(C)[C@@H]1CC[C@]2(NCCN3C[C@@H]4CC3CO4)CC[C@]3(C)[C@H](CC[C@@H]4[C@@]5(C)CC=C(c6ccc(C(=O)OC)cc6)C(C)(C)[C@@H]5CC[C@]43C)[C@@H]12. The van der Waals surface area contributed by atoms with Gasteiger partial charge in [-0.3, -0.25) is 4.90 Å². The van der Waals surface area contributed by atoms with E-state index in [4.69, 9.17) is 9.47 Å². The van der Waals surface area contributed by atoms with E-state index in [1.165, 1.54) is 88.2 Å². The summed E-state index contributed by atoms with van der Waals surface area (Å²) >= 11 is 0. The summed E-state index contributed by atoms with van der Waals surface area (Å²) in [6.45, 7) is 24.6. The molecule has 2 bridgehead atoms. The smallest absolute Gasteiger partial charge is 0.337 e. The van der Waals surface area contributed by atoms with Gasteiger partial charge in [0.05, 0.1) is 25.4 Å². The van der Waals surface area contributed by atoms with Crippen LogP contribution in [0.1, 0.15) is 122 Å². The maximum absolute atomic E-state index is 12.1. The molecule has 0 aromatic heterocycles. The number of carbonyl (C=O) groups is 1. The van der Waals surface area contributed by atoms with Gasteiger partial charge in [0.2, 0.25) is 0 Å². The van der Waals surface area contributed by atoms with Crippen LogP contribution in [-0.2, 0) is 9.47 Å². The van der Waals surface area contributed by atoms with Gasteiger partial charge in [-0.1, -0.05) is 65.0 Å². The van der Waals surface area contributed by atoms with E-state index in [0.717, 1.165) is 38.0 Å². The summed E-state index contributed by atoms with van der Waals surface area (Å²) in [7, 11) is 1.46. The molecule has 0 amide bonds. The summed E-state index contributed by atoms with van der Waals surface area (Å²) in [5.41, 5.74) is 6.10. The number of esters is 1. The van der Waals surface area contributed by atoms with E-state index in [1.54, 1.807) is 0 Å². The number of fused-ring (bicyclic) bond motifs is 9. The van der Waals surface area contributed by atoms with E-state index in [9.17, 15) is 4.79 Å². The van der Waals surface area contributed by atoms with E-state index in [2.05, 4.69) is 76.5 Å². The highest BCUT2D eigenvalue weighted by Gasteiger charge is 2.70. The number of rotatable bonds is 7. The predicted octanol–water partition coefficient (Wildman–Crippen LogP) is 8.94. The molecule has 1 unspecified atom stereocenters. The second kappa shape index (κ2) is 11.8. The summed E-state index contributed by atoms with van der Waals surface area (Å²) in [5.74, 6) is 3.21. The molecule has 5 nitrogen and oxygen atoms in total. The van der Waals surface area contributed by atoms with Gasteiger partial charge in [0.15, 0.2) is 0 Å². The molecular formula is C44H64N2O3. The number of methoxy groups -OCH3 is 1. The zero-order valence-corrected chi connectivity index (χ0v) is 31.7. The molecule has 5 aliphatic carbocycles. The third-order valence-electron chi connectivity index (χ3n) is 17.2. The minimum atomic E-state index is -0.265. The molecule has 2 heterocycles. The Bertz CT molecular complexity index is 1510. The molecule has 7 aliphatic rings. The number of hydrogen-bond acceptors (Lipinski definition) is 5. The molecule has 1 N–H and O–H groups in total. The van der Waals surface area contributed by atoms with Crippen molar-refractivity contribution in [1.29, 1.82) is 0 Å². The molecule has 49 heavy (non-hydrogen) atoms. The molecule has 1 aromatic carbocycles. The lowest BCUT2D eigenvalue weighted by Gasteiger charge is -2.72. The number of carbonyl (C=O) groups excluding carboxylic acids is 1. The van der Waals surface area contributed by atoms with Gasteiger partial charge in [-0.25, -0.2) is 4.79 Å². The molecule has 6 fully saturated rings. The molecule has 0 spiro atoms. The van der Waals surface area contributed by atoms with Gasteiger partial charge in [-0.05, 0) is 146 Å². The molecule has 1 aromatic rings. The first-order chi connectivity index (χ1) is 23.3. The third kappa shape index (κ3) is 4.90. The van der Waals surface area contributed by atoms with Crippen LogP contribution in [0.4, 0.5) is 0 Å². The number of likely N-dealkylation sites (tertiary alicyclic amines) is 1. The Labute approximate surface area is 297 Å². The van der Waals surface area contributed by atoms with E-state index in [1.807, 2.05) is 12.1 Å². The molecule has 0 radical (unpaired) electrons. The summed E-state index contributed by atoms with van der Waals surface area (Å²) in [5, 5.41) is 4.34. The van der Waals surface area contributed by atoms with Crippen LogP contribution in [0.15, 0.2) is 42.5 Å². The third-order valence-corrected chi connectivity index (χ3v) is 17.2. The monoisotopic (exact) mass is 668 g/mol. The van der Waals surface area contributed by atoms with Crippen molar-refractivity contribution in [2.75, 3.05) is 33.4 Å². The van der Waals surface area contributed by atoms with Crippen LogP contribution in [0.3, 0.4) is 0 Å². The van der Waals surface area contributed by atoms with Crippen LogP contribution in [0.5, 0.6) is 0 Å². The Hall–Kier alpha value is -1.95. The lowest BCUT2D eigenvalue weighted by Crippen LogP contribution is -2.68. The van der Waals surface area contributed by atoms with Crippen LogP contribution in [-0.4, -0.2) is 61.9 Å². The first-order valence-corrected chi connectivity index (χ1v) is 19.9. The van der Waals surface area contributed by atoms with E-state index >= 15 is 0 Å². The molecule has 2 aliphatic heterocycles. The van der Waals surface area contributed by atoms with Crippen LogP contribution >= 0.6 is 0 Å². The summed E-state index contributed by atoms with van der Waals surface area (Å²) in [6.07, 6.45) is 16.2. The van der Waals surface area contributed by atoms with Crippen LogP contribution in [0, 0.1) is 51.2 Å². The quantitative estimate of drug-likeness (QED) is 0.232. The van der Waals surface area contributed by atoms with Gasteiger partial charge < -0.3 is 14.8 Å². The highest BCUT2D eigenvalue weighted by atomic mass is 16.5. The summed E-state index contributed by atoms with van der Waals surface area (Å²) in [6, 6.07) is 8.82. The highest BCUT2D eigenvalue weighted by molar-refractivity contribution is 5.89. The van der Waals surface area contributed by atoms with Crippen molar-refractivity contribution in [1.82, 2.24) is 10.2 Å². The Morgan fingerprint density at radius 1 is 0.980 bits per heavy atom. The normalized spacial score (nSPS) is 45.1. The number of morpholine rings is 1. The van der Waals surface area contributed by atoms with Crippen LogP contribution in [0.25, 0.3) is 5.57 Å². The van der Waals surface area contributed by atoms with Crippen molar-refractivity contribution in [3.63, 3.8) is 0 Å². The highest BCUT2D eigenvalue weighted by Crippen LogP contribution is 2.76. The maximum atomic E-state index is 12.1. The molecule has 8 rings (SSSR count). The van der Waals surface area contributed by atoms with Crippen LogP contribution in [0.2, 0.25) is 0 Å². The number of hydrogen-bond donors (Lipinski definition) is 1. The minimum absolute atomic E-state index is 0.0714. The molecule has 11 atom stereocenters. The summed E-state index contributed by atoms with van der Waals surface area (Å²) < 4.78 is 10.9. The average molecular weight is 669 g/mol. The number of ether oxygens (including phenoxy) is 2. The Kier molecular flexibility index (Phi) is 8.21. The molecule has 268 valence electrons. The number of benzene rings is 1. The molecule has 5 heteroatoms. The zero-order chi connectivity index (χ0) is 34.6. The largest absolute Gasteiger partial charge is 0.465 e. The zero-order valence-electron chi connectivity index (χ0n) is 31.7. The fourth-order valence-corrected chi connectivity index (χ4v) is 14.7. The molecule has 2 saturated heterocycles. The minimum Gasteiger partial charge on any atom is -0.465 e. The fraction of sp³-hybridized carbons (Fsp3) is 0.750. The van der Waals surface area contributed by atoms with Gasteiger partial charge >= 0.3 is 5.97 Å². The second-order valence-electron chi connectivity index (χ2n) is 19.2. The first-order valence-electron chi connectivity index (χ1n) is 19.9. The predicted molar refractivity (Wildman–Crippen MR) is 198 cm³/mol. The van der Waals surface area contributed by atoms with E-state index in [0.29, 0.717) is 46.3 Å².